The Morgan fingerprint density at radius 2 is 1.77 bits per heavy atom. The molecule has 0 aliphatic heterocycles. The number of anilines is 1. The molecule has 1 N–H and O–H groups in total. The van der Waals surface area contributed by atoms with Gasteiger partial charge in [0.2, 0.25) is 0 Å². The molecule has 8 heteroatoms. The highest BCUT2D eigenvalue weighted by Crippen LogP contribution is 2.28. The highest BCUT2D eigenvalue weighted by molar-refractivity contribution is 6.35. The minimum atomic E-state index is -0.520. The minimum absolute atomic E-state index is 0.0521. The Morgan fingerprint density at radius 3 is 2.52 bits per heavy atom. The Balaban J connectivity index is 1.65. The molecule has 0 saturated heterocycles. The molecular formula is C23H16Cl2FN3O2. The number of ether oxygens (including phenoxy) is 1. The lowest BCUT2D eigenvalue weighted by Gasteiger charge is -2.08. The molecule has 4 aromatic rings. The average Bonchev–Trinajstić information content (AvgIpc) is 3.20. The smallest absolute Gasteiger partial charge is 0.280 e. The van der Waals surface area contributed by atoms with E-state index >= 15 is 0 Å². The van der Waals surface area contributed by atoms with Crippen LogP contribution in [0.2, 0.25) is 10.0 Å². The lowest BCUT2D eigenvalue weighted by atomic mass is 10.2. The number of halogens is 3. The zero-order valence-electron chi connectivity index (χ0n) is 16.1. The molecule has 0 atom stereocenters. The largest absolute Gasteiger partial charge is 0.485 e. The van der Waals surface area contributed by atoms with Crippen molar-refractivity contribution in [3.63, 3.8) is 0 Å². The highest BCUT2D eigenvalue weighted by Gasteiger charge is 2.20. The summed E-state index contributed by atoms with van der Waals surface area (Å²) in [6.45, 7) is 0.244. The number of carbonyl (C=O) groups excluding carboxylic acids is 1. The van der Waals surface area contributed by atoms with E-state index in [2.05, 4.69) is 10.4 Å². The van der Waals surface area contributed by atoms with Gasteiger partial charge >= 0.3 is 0 Å². The molecule has 0 bridgehead atoms. The molecule has 4 rings (SSSR count). The first kappa shape index (κ1) is 20.9. The third-order valence-corrected chi connectivity index (χ3v) is 4.97. The predicted octanol–water partition coefficient (Wildman–Crippen LogP) is 6.15. The molecule has 0 saturated carbocycles. The molecule has 0 fully saturated rings. The van der Waals surface area contributed by atoms with Crippen molar-refractivity contribution in [1.82, 2.24) is 9.78 Å². The molecule has 0 aliphatic rings. The van der Waals surface area contributed by atoms with Crippen LogP contribution in [0.1, 0.15) is 16.1 Å². The number of benzene rings is 3. The summed E-state index contributed by atoms with van der Waals surface area (Å²) >= 11 is 12.2. The van der Waals surface area contributed by atoms with E-state index in [9.17, 15) is 9.18 Å². The van der Waals surface area contributed by atoms with E-state index in [1.165, 1.54) is 16.8 Å². The first-order valence-corrected chi connectivity index (χ1v) is 10.0. The second-order valence-electron chi connectivity index (χ2n) is 6.62. The quantitative estimate of drug-likeness (QED) is 0.379. The Labute approximate surface area is 188 Å². The Morgan fingerprint density at radius 1 is 1.03 bits per heavy atom. The van der Waals surface area contributed by atoms with Crippen LogP contribution < -0.4 is 10.1 Å². The standard InChI is InChI=1S/C23H16Cl2FN3O2/c24-16-6-11-19(25)20(12-16)27-23(30)22-21(31-14-15-4-2-1-3-5-15)13-29(28-22)18-9-7-17(26)8-10-18/h1-13H,14H2,(H,27,30). The van der Waals surface area contributed by atoms with Crippen molar-refractivity contribution in [3.05, 3.63) is 106 Å². The van der Waals surface area contributed by atoms with Crippen LogP contribution in [0.15, 0.2) is 79.0 Å². The van der Waals surface area contributed by atoms with Gasteiger partial charge in [-0.25, -0.2) is 9.07 Å². The molecule has 0 unspecified atom stereocenters. The summed E-state index contributed by atoms with van der Waals surface area (Å²) in [6.07, 6.45) is 1.57. The van der Waals surface area contributed by atoms with Crippen LogP contribution in [0.25, 0.3) is 5.69 Å². The monoisotopic (exact) mass is 455 g/mol. The maximum atomic E-state index is 13.3. The zero-order valence-corrected chi connectivity index (χ0v) is 17.6. The number of nitrogens with zero attached hydrogens (tertiary/aromatic N) is 2. The molecule has 156 valence electrons. The van der Waals surface area contributed by atoms with Crippen molar-refractivity contribution in [2.24, 2.45) is 0 Å². The molecule has 0 radical (unpaired) electrons. The number of hydrogen-bond donors (Lipinski definition) is 1. The van der Waals surface area contributed by atoms with Crippen LogP contribution in [0.3, 0.4) is 0 Å². The Bertz CT molecular complexity index is 1210. The van der Waals surface area contributed by atoms with Crippen LogP contribution in [0, 0.1) is 5.82 Å². The van der Waals surface area contributed by atoms with Crippen molar-refractivity contribution in [2.45, 2.75) is 6.61 Å². The maximum absolute atomic E-state index is 13.3. The van der Waals surface area contributed by atoms with Gasteiger partial charge in [0.25, 0.3) is 5.91 Å². The molecule has 0 spiro atoms. The lowest BCUT2D eigenvalue weighted by Crippen LogP contribution is -2.15. The molecule has 31 heavy (non-hydrogen) atoms. The van der Waals surface area contributed by atoms with Crippen LogP contribution in [0.5, 0.6) is 5.75 Å². The van der Waals surface area contributed by atoms with Crippen LogP contribution in [0.4, 0.5) is 10.1 Å². The zero-order chi connectivity index (χ0) is 21.8. The maximum Gasteiger partial charge on any atom is 0.280 e. The summed E-state index contributed by atoms with van der Waals surface area (Å²) in [7, 11) is 0. The summed E-state index contributed by atoms with van der Waals surface area (Å²) in [5, 5.41) is 7.82. The molecule has 1 aromatic heterocycles. The van der Waals surface area contributed by atoms with Gasteiger partial charge in [0.1, 0.15) is 12.4 Å². The molecule has 1 amide bonds. The summed E-state index contributed by atoms with van der Waals surface area (Å²) in [5.41, 5.74) is 1.91. The van der Waals surface area contributed by atoms with E-state index in [0.717, 1.165) is 5.56 Å². The van der Waals surface area contributed by atoms with Gasteiger partial charge in [-0.3, -0.25) is 4.79 Å². The summed E-state index contributed by atoms with van der Waals surface area (Å²) < 4.78 is 20.6. The van der Waals surface area contributed by atoms with Crippen molar-refractivity contribution >= 4 is 34.8 Å². The van der Waals surface area contributed by atoms with E-state index in [-0.39, 0.29) is 23.9 Å². The third kappa shape index (κ3) is 5.05. The molecule has 0 aliphatic carbocycles. The number of carbonyl (C=O) groups is 1. The van der Waals surface area contributed by atoms with Crippen LogP contribution >= 0.6 is 23.2 Å². The Kier molecular flexibility index (Phi) is 6.21. The first-order valence-electron chi connectivity index (χ1n) is 9.28. The number of rotatable bonds is 6. The second kappa shape index (κ2) is 9.20. The number of nitrogens with one attached hydrogen (secondary N) is 1. The topological polar surface area (TPSA) is 56.2 Å². The van der Waals surface area contributed by atoms with Gasteiger partial charge < -0.3 is 10.1 Å². The van der Waals surface area contributed by atoms with Gasteiger partial charge in [-0.1, -0.05) is 53.5 Å². The van der Waals surface area contributed by atoms with E-state index in [1.807, 2.05) is 30.3 Å². The van der Waals surface area contributed by atoms with E-state index < -0.39 is 5.91 Å². The minimum Gasteiger partial charge on any atom is -0.485 e. The lowest BCUT2D eigenvalue weighted by molar-refractivity contribution is 0.101. The fraction of sp³-hybridized carbons (Fsp3) is 0.0435. The van der Waals surface area contributed by atoms with Crippen LogP contribution in [-0.2, 0) is 6.61 Å². The second-order valence-corrected chi connectivity index (χ2v) is 7.46. The predicted molar refractivity (Wildman–Crippen MR) is 119 cm³/mol. The summed E-state index contributed by atoms with van der Waals surface area (Å²) in [4.78, 5) is 13.0. The van der Waals surface area contributed by atoms with Gasteiger partial charge in [0, 0.05) is 5.02 Å². The SMILES string of the molecule is O=C(Nc1cc(Cl)ccc1Cl)c1nn(-c2ccc(F)cc2)cc1OCc1ccccc1. The van der Waals surface area contributed by atoms with Gasteiger partial charge in [0.05, 0.1) is 22.6 Å². The molecular weight excluding hydrogens is 440 g/mol. The highest BCUT2D eigenvalue weighted by atomic mass is 35.5. The van der Waals surface area contributed by atoms with E-state index in [4.69, 9.17) is 27.9 Å². The fourth-order valence-electron chi connectivity index (χ4n) is 2.86. The fourth-order valence-corrected chi connectivity index (χ4v) is 3.19. The molecule has 3 aromatic carbocycles. The Hall–Kier alpha value is -3.35. The van der Waals surface area contributed by atoms with Crippen molar-refractivity contribution in [1.29, 1.82) is 0 Å². The number of aromatic nitrogens is 2. The number of amides is 1. The van der Waals surface area contributed by atoms with Gasteiger partial charge in [0.15, 0.2) is 11.4 Å². The van der Waals surface area contributed by atoms with Crippen molar-refractivity contribution in [2.75, 3.05) is 5.32 Å². The van der Waals surface area contributed by atoms with Crippen molar-refractivity contribution < 1.29 is 13.9 Å². The number of hydrogen-bond acceptors (Lipinski definition) is 3. The summed E-state index contributed by atoms with van der Waals surface area (Å²) in [5.74, 6) is -0.623. The van der Waals surface area contributed by atoms with E-state index in [1.54, 1.807) is 36.5 Å². The van der Waals surface area contributed by atoms with Gasteiger partial charge in [-0.05, 0) is 48.0 Å². The normalized spacial score (nSPS) is 10.7. The average molecular weight is 456 g/mol. The molecule has 5 nitrogen and oxygen atoms in total. The first-order chi connectivity index (χ1) is 15.0. The summed E-state index contributed by atoms with van der Waals surface area (Å²) in [6, 6.07) is 20.0. The molecule has 1 heterocycles. The van der Waals surface area contributed by atoms with Gasteiger partial charge in [-0.2, -0.15) is 5.10 Å². The third-order valence-electron chi connectivity index (χ3n) is 4.40. The van der Waals surface area contributed by atoms with Crippen molar-refractivity contribution in [3.8, 4) is 11.4 Å². The van der Waals surface area contributed by atoms with Crippen LogP contribution in [-0.4, -0.2) is 15.7 Å². The van der Waals surface area contributed by atoms with Gasteiger partial charge in [-0.15, -0.1) is 0 Å². The van der Waals surface area contributed by atoms with E-state index in [0.29, 0.717) is 21.4 Å².